The van der Waals surface area contributed by atoms with Crippen LogP contribution in [0, 0.1) is 0 Å². The van der Waals surface area contributed by atoms with Crippen LogP contribution in [-0.2, 0) is 7.05 Å². The van der Waals surface area contributed by atoms with Crippen molar-refractivity contribution in [1.82, 2.24) is 18.9 Å². The van der Waals surface area contributed by atoms with Crippen LogP contribution in [0.2, 0.25) is 0 Å². The van der Waals surface area contributed by atoms with E-state index in [9.17, 15) is 9.59 Å². The highest BCUT2D eigenvalue weighted by molar-refractivity contribution is 5.77. The third-order valence-electron chi connectivity index (χ3n) is 5.42. The topological polar surface area (TPSA) is 72.5 Å². The van der Waals surface area contributed by atoms with Gasteiger partial charge in [0, 0.05) is 25.9 Å². The number of aromatic nitrogens is 4. The molecule has 0 saturated carbocycles. The summed E-state index contributed by atoms with van der Waals surface area (Å²) in [4.78, 5) is 36.9. The Morgan fingerprint density at radius 2 is 1.86 bits per heavy atom. The summed E-state index contributed by atoms with van der Waals surface area (Å²) in [6.07, 6.45) is 3.52. The van der Waals surface area contributed by atoms with Crippen molar-refractivity contribution in [1.29, 1.82) is 0 Å². The molecule has 3 aromatic heterocycles. The molecular weight excluding hydrogens is 354 g/mol. The average molecular weight is 373 g/mol. The number of benzene rings is 1. The molecule has 4 heterocycles. The lowest BCUT2D eigenvalue weighted by Gasteiger charge is -2.26. The minimum atomic E-state index is -0.119. The number of fused-ring (bicyclic) bond motifs is 2. The highest BCUT2D eigenvalue weighted by Crippen LogP contribution is 2.34. The number of hydrogen-bond donors (Lipinski definition) is 0. The van der Waals surface area contributed by atoms with Crippen molar-refractivity contribution in [3.8, 4) is 0 Å². The van der Waals surface area contributed by atoms with Gasteiger partial charge in [-0.25, -0.2) is 9.97 Å². The van der Waals surface area contributed by atoms with E-state index in [0.717, 1.165) is 19.4 Å². The van der Waals surface area contributed by atoms with Crippen LogP contribution in [-0.4, -0.2) is 25.5 Å². The smallest absolute Gasteiger partial charge is 0.261 e. The summed E-state index contributed by atoms with van der Waals surface area (Å²) in [5.41, 5.74) is 1.13. The Labute approximate surface area is 160 Å². The summed E-state index contributed by atoms with van der Waals surface area (Å²) < 4.78 is 3.15. The zero-order valence-electron chi connectivity index (χ0n) is 15.4. The number of hydrogen-bond acceptors (Lipinski definition) is 5. The highest BCUT2D eigenvalue weighted by Gasteiger charge is 2.31. The lowest BCUT2D eigenvalue weighted by molar-refractivity contribution is 0.607. The summed E-state index contributed by atoms with van der Waals surface area (Å²) in [5, 5.41) is 0.611. The van der Waals surface area contributed by atoms with Gasteiger partial charge in [0.05, 0.1) is 16.9 Å². The first-order valence-corrected chi connectivity index (χ1v) is 9.34. The van der Waals surface area contributed by atoms with Gasteiger partial charge < -0.3 is 4.90 Å². The van der Waals surface area contributed by atoms with Crippen LogP contribution in [0.5, 0.6) is 0 Å². The van der Waals surface area contributed by atoms with E-state index in [1.165, 1.54) is 4.40 Å². The summed E-state index contributed by atoms with van der Waals surface area (Å²) in [6, 6.07) is 14.3. The number of para-hydroxylation sites is 1. The van der Waals surface area contributed by atoms with Gasteiger partial charge in [-0.1, -0.05) is 18.2 Å². The van der Waals surface area contributed by atoms with Gasteiger partial charge in [-0.3, -0.25) is 18.6 Å². The maximum absolute atomic E-state index is 12.8. The molecule has 0 amide bonds. The Balaban J connectivity index is 1.66. The Morgan fingerprint density at radius 3 is 2.75 bits per heavy atom. The van der Waals surface area contributed by atoms with E-state index in [4.69, 9.17) is 4.98 Å². The van der Waals surface area contributed by atoms with Gasteiger partial charge >= 0.3 is 0 Å². The van der Waals surface area contributed by atoms with Crippen molar-refractivity contribution >= 4 is 22.4 Å². The van der Waals surface area contributed by atoms with Crippen LogP contribution >= 0.6 is 0 Å². The highest BCUT2D eigenvalue weighted by atomic mass is 16.1. The van der Waals surface area contributed by atoms with Crippen molar-refractivity contribution in [2.24, 2.45) is 7.05 Å². The average Bonchev–Trinajstić information content (AvgIpc) is 3.20. The van der Waals surface area contributed by atoms with Crippen molar-refractivity contribution < 1.29 is 0 Å². The minimum absolute atomic E-state index is 0.0565. The molecule has 0 spiro atoms. The monoisotopic (exact) mass is 373 g/mol. The van der Waals surface area contributed by atoms with Gasteiger partial charge in [0.1, 0.15) is 17.3 Å². The number of anilines is 1. The zero-order valence-corrected chi connectivity index (χ0v) is 15.4. The molecule has 28 heavy (non-hydrogen) atoms. The van der Waals surface area contributed by atoms with Crippen LogP contribution in [0.3, 0.4) is 0 Å². The Morgan fingerprint density at radius 1 is 1.04 bits per heavy atom. The lowest BCUT2D eigenvalue weighted by Crippen LogP contribution is -2.32. The van der Waals surface area contributed by atoms with Crippen LogP contribution < -0.4 is 16.0 Å². The van der Waals surface area contributed by atoms with Crippen LogP contribution in [0.15, 0.2) is 64.3 Å². The molecule has 0 radical (unpaired) electrons. The fourth-order valence-corrected chi connectivity index (χ4v) is 4.03. The lowest BCUT2D eigenvalue weighted by atomic mass is 10.1. The van der Waals surface area contributed by atoms with Gasteiger partial charge in [-0.05, 0) is 37.1 Å². The predicted octanol–water partition coefficient (Wildman–Crippen LogP) is 2.28. The second kappa shape index (κ2) is 6.30. The van der Waals surface area contributed by atoms with E-state index in [2.05, 4.69) is 9.88 Å². The maximum Gasteiger partial charge on any atom is 0.261 e. The summed E-state index contributed by atoms with van der Waals surface area (Å²) in [5.74, 6) is 1.33. The molecular formula is C21H19N5O2. The molecule has 1 atom stereocenters. The Bertz CT molecular complexity index is 1320. The maximum atomic E-state index is 12.8. The van der Waals surface area contributed by atoms with Gasteiger partial charge in [0.15, 0.2) is 0 Å². The number of nitrogens with zero attached hydrogens (tertiary/aromatic N) is 5. The fourth-order valence-electron chi connectivity index (χ4n) is 4.03. The summed E-state index contributed by atoms with van der Waals surface area (Å²) in [7, 11) is 1.76. The molecule has 4 aromatic rings. The molecule has 1 aliphatic heterocycles. The quantitative estimate of drug-likeness (QED) is 0.539. The number of rotatable bonds is 2. The van der Waals surface area contributed by atoms with Gasteiger partial charge in [-0.15, -0.1) is 0 Å². The molecule has 0 bridgehead atoms. The standard InChI is InChI=1S/C21H19N5O2/c1-24-20(22-15-8-3-2-7-14(15)21(24)28)16-9-6-12-25(16)18-13-19(27)26-11-5-4-10-17(26)23-18/h2-5,7-8,10-11,13,16H,6,9,12H2,1H3. The molecule has 7 nitrogen and oxygen atoms in total. The van der Waals surface area contributed by atoms with E-state index >= 15 is 0 Å². The normalized spacial score (nSPS) is 16.9. The summed E-state index contributed by atoms with van der Waals surface area (Å²) >= 11 is 0. The first-order valence-electron chi connectivity index (χ1n) is 9.34. The fraction of sp³-hybridized carbons (Fsp3) is 0.238. The van der Waals surface area contributed by atoms with E-state index in [1.807, 2.05) is 36.4 Å². The molecule has 1 fully saturated rings. The predicted molar refractivity (Wildman–Crippen MR) is 108 cm³/mol. The molecule has 1 aliphatic rings. The molecule has 0 aliphatic carbocycles. The van der Waals surface area contributed by atoms with Crippen LogP contribution in [0.4, 0.5) is 5.82 Å². The van der Waals surface area contributed by atoms with E-state index in [0.29, 0.717) is 28.2 Å². The first kappa shape index (κ1) is 16.7. The third-order valence-corrected chi connectivity index (χ3v) is 5.42. The molecule has 0 N–H and O–H groups in total. The van der Waals surface area contributed by atoms with Gasteiger partial charge in [0.25, 0.3) is 11.1 Å². The zero-order chi connectivity index (χ0) is 19.3. The van der Waals surface area contributed by atoms with Crippen LogP contribution in [0.1, 0.15) is 24.7 Å². The molecule has 140 valence electrons. The molecule has 5 rings (SSSR count). The Kier molecular flexibility index (Phi) is 3.75. The number of pyridine rings is 1. The molecule has 1 saturated heterocycles. The molecule has 7 heteroatoms. The van der Waals surface area contributed by atoms with Gasteiger partial charge in [-0.2, -0.15) is 0 Å². The SMILES string of the molecule is Cn1c(C2CCCN2c2cc(=O)n3ccccc3n2)nc2ccccc2c1=O. The van der Waals surface area contributed by atoms with Gasteiger partial charge in [0.2, 0.25) is 0 Å². The van der Waals surface area contributed by atoms with E-state index in [1.54, 1.807) is 29.9 Å². The van der Waals surface area contributed by atoms with Crippen LogP contribution in [0.25, 0.3) is 16.6 Å². The minimum Gasteiger partial charge on any atom is -0.346 e. The summed E-state index contributed by atoms with van der Waals surface area (Å²) in [6.45, 7) is 0.767. The molecule has 1 aromatic carbocycles. The largest absolute Gasteiger partial charge is 0.346 e. The van der Waals surface area contributed by atoms with Crippen molar-refractivity contribution in [3.63, 3.8) is 0 Å². The first-order chi connectivity index (χ1) is 13.6. The molecule has 1 unspecified atom stereocenters. The van der Waals surface area contributed by atoms with E-state index in [-0.39, 0.29) is 17.2 Å². The van der Waals surface area contributed by atoms with Crippen molar-refractivity contribution in [2.75, 3.05) is 11.4 Å². The second-order valence-corrected chi connectivity index (χ2v) is 7.08. The van der Waals surface area contributed by atoms with Crippen molar-refractivity contribution in [2.45, 2.75) is 18.9 Å². The Hall–Kier alpha value is -3.48. The second-order valence-electron chi connectivity index (χ2n) is 7.08. The third kappa shape index (κ3) is 2.51. The van der Waals surface area contributed by atoms with Crippen molar-refractivity contribution in [3.05, 3.63) is 81.3 Å². The van der Waals surface area contributed by atoms with E-state index < -0.39 is 0 Å².